The molecule has 0 aromatic rings. The van der Waals surface area contributed by atoms with Crippen LogP contribution in [0, 0.1) is 11.8 Å². The fourth-order valence-corrected chi connectivity index (χ4v) is 2.07. The Labute approximate surface area is 106 Å². The zero-order valence-corrected chi connectivity index (χ0v) is 10.1. The van der Waals surface area contributed by atoms with Crippen LogP contribution in [0.25, 0.3) is 0 Å². The lowest BCUT2D eigenvalue weighted by molar-refractivity contribution is -0.226. The van der Waals surface area contributed by atoms with E-state index in [1.54, 1.807) is 0 Å². The maximum absolute atomic E-state index is 12.1. The molecule has 0 bridgehead atoms. The van der Waals surface area contributed by atoms with Gasteiger partial charge in [-0.1, -0.05) is 12.2 Å². The third kappa shape index (κ3) is 3.46. The van der Waals surface area contributed by atoms with Crippen LogP contribution in [-0.2, 0) is 14.8 Å². The third-order valence-corrected chi connectivity index (χ3v) is 3.57. The minimum Gasteiger partial charge on any atom is -0.861 e. The zero-order chi connectivity index (χ0) is 14.8. The van der Waals surface area contributed by atoms with E-state index in [9.17, 15) is 31.5 Å². The van der Waals surface area contributed by atoms with E-state index in [0.29, 0.717) is 0 Å². The Morgan fingerprint density at radius 1 is 1.26 bits per heavy atom. The summed E-state index contributed by atoms with van der Waals surface area (Å²) in [4.78, 5) is 10.8. The van der Waals surface area contributed by atoms with E-state index < -0.39 is 39.2 Å². The summed E-state index contributed by atoms with van der Waals surface area (Å²) in [6, 6.07) is 0. The summed E-state index contributed by atoms with van der Waals surface area (Å²) in [5.74, 6) is -5.65. The third-order valence-electron chi connectivity index (χ3n) is 2.57. The predicted octanol–water partition coefficient (Wildman–Crippen LogP) is 0.262. The molecule has 0 heterocycles. The summed E-state index contributed by atoms with van der Waals surface area (Å²) in [5.41, 5.74) is -5.67. The Morgan fingerprint density at radius 2 is 1.74 bits per heavy atom. The average molecular weight is 300 g/mol. The molecule has 0 aliphatic heterocycles. The van der Waals surface area contributed by atoms with Crippen molar-refractivity contribution in [1.29, 1.82) is 0 Å². The SMILES string of the molecule is O=C(O)C1CC=CCC1/C([O-])=N/S(=O)(=O)C(F)(F)F. The Hall–Kier alpha value is -1.58. The number of alkyl halides is 3. The number of allylic oxidation sites excluding steroid dienone is 2. The Balaban J connectivity index is 3.09. The number of carboxylic acid groups (broad SMARTS) is 1. The standard InChI is InChI=1S/C9H10F3NO5S/c10-9(11,12)19(17,18)13-7(14)5-3-1-2-4-6(5)8(15)16/h1-2,5-6H,3-4H2,(H,13,14)(H,15,16)/p-1. The van der Waals surface area contributed by atoms with Crippen LogP contribution in [0.2, 0.25) is 0 Å². The lowest BCUT2D eigenvalue weighted by Gasteiger charge is -2.29. The molecule has 0 spiro atoms. The average Bonchev–Trinajstić information content (AvgIpc) is 2.26. The van der Waals surface area contributed by atoms with Gasteiger partial charge in [0.1, 0.15) is 0 Å². The van der Waals surface area contributed by atoms with E-state index in [2.05, 4.69) is 4.40 Å². The van der Waals surface area contributed by atoms with Gasteiger partial charge < -0.3 is 10.2 Å². The molecule has 10 heteroatoms. The van der Waals surface area contributed by atoms with Gasteiger partial charge in [0, 0.05) is 5.92 Å². The van der Waals surface area contributed by atoms with Gasteiger partial charge in [0.2, 0.25) is 0 Å². The molecule has 1 aliphatic carbocycles. The summed E-state index contributed by atoms with van der Waals surface area (Å²) in [6.45, 7) is 0. The van der Waals surface area contributed by atoms with E-state index in [1.165, 1.54) is 12.2 Å². The smallest absolute Gasteiger partial charge is 0.518 e. The van der Waals surface area contributed by atoms with Gasteiger partial charge in [-0.25, -0.2) is 0 Å². The molecule has 2 unspecified atom stereocenters. The summed E-state index contributed by atoms with van der Waals surface area (Å²) in [5, 5.41) is 20.2. The zero-order valence-electron chi connectivity index (χ0n) is 9.29. The normalized spacial score (nSPS) is 25.3. The molecule has 0 aromatic heterocycles. The summed E-state index contributed by atoms with van der Waals surface area (Å²) in [7, 11) is -5.94. The highest BCUT2D eigenvalue weighted by Gasteiger charge is 2.46. The second-order valence-corrected chi connectivity index (χ2v) is 5.44. The summed E-state index contributed by atoms with van der Waals surface area (Å²) in [6.07, 6.45) is 2.64. The highest BCUT2D eigenvalue weighted by Crippen LogP contribution is 2.29. The first-order valence-electron chi connectivity index (χ1n) is 5.02. The van der Waals surface area contributed by atoms with E-state index in [0.717, 1.165) is 0 Å². The lowest BCUT2D eigenvalue weighted by Crippen LogP contribution is -2.39. The van der Waals surface area contributed by atoms with Crippen molar-refractivity contribution in [3.8, 4) is 0 Å². The van der Waals surface area contributed by atoms with Crippen molar-refractivity contribution < 1.29 is 36.6 Å². The number of carboxylic acids is 1. The predicted molar refractivity (Wildman–Crippen MR) is 55.4 cm³/mol. The quantitative estimate of drug-likeness (QED) is 0.457. The monoisotopic (exact) mass is 300 g/mol. The highest BCUT2D eigenvalue weighted by atomic mass is 32.2. The Bertz CT molecular complexity index is 522. The van der Waals surface area contributed by atoms with Crippen LogP contribution in [0.15, 0.2) is 16.5 Å². The van der Waals surface area contributed by atoms with E-state index >= 15 is 0 Å². The first-order valence-corrected chi connectivity index (χ1v) is 6.46. The molecular weight excluding hydrogens is 291 g/mol. The van der Waals surface area contributed by atoms with Crippen molar-refractivity contribution in [2.75, 3.05) is 0 Å². The second kappa shape index (κ2) is 5.19. The topological polar surface area (TPSA) is 107 Å². The van der Waals surface area contributed by atoms with Gasteiger partial charge in [-0.15, -0.1) is 0 Å². The molecule has 1 aliphatic rings. The molecule has 1 N–H and O–H groups in total. The molecule has 6 nitrogen and oxygen atoms in total. The fourth-order valence-electron chi connectivity index (χ4n) is 1.60. The van der Waals surface area contributed by atoms with Crippen molar-refractivity contribution in [2.24, 2.45) is 16.2 Å². The number of rotatable bonds is 3. The molecule has 2 atom stereocenters. The van der Waals surface area contributed by atoms with Gasteiger partial charge in [-0.05, 0) is 18.7 Å². The van der Waals surface area contributed by atoms with Crippen LogP contribution in [0.1, 0.15) is 12.8 Å². The highest BCUT2D eigenvalue weighted by molar-refractivity contribution is 7.91. The summed E-state index contributed by atoms with van der Waals surface area (Å²) >= 11 is 0. The maximum Gasteiger partial charge on any atom is 0.518 e. The molecule has 0 amide bonds. The van der Waals surface area contributed by atoms with Crippen LogP contribution in [0.5, 0.6) is 0 Å². The van der Waals surface area contributed by atoms with Gasteiger partial charge in [0.05, 0.1) is 5.92 Å². The van der Waals surface area contributed by atoms with Gasteiger partial charge in [-0.3, -0.25) is 4.79 Å². The minimum atomic E-state index is -5.94. The lowest BCUT2D eigenvalue weighted by atomic mass is 9.83. The first-order chi connectivity index (χ1) is 8.56. The van der Waals surface area contributed by atoms with Gasteiger partial charge >= 0.3 is 21.5 Å². The molecule has 108 valence electrons. The number of sulfonamides is 1. The Morgan fingerprint density at radius 3 is 2.16 bits per heavy atom. The molecule has 0 aromatic carbocycles. The van der Waals surface area contributed by atoms with E-state index in [4.69, 9.17) is 5.11 Å². The van der Waals surface area contributed by atoms with Gasteiger partial charge in [-0.2, -0.15) is 26.0 Å². The largest absolute Gasteiger partial charge is 0.861 e. The van der Waals surface area contributed by atoms with Crippen LogP contribution in [-0.4, -0.2) is 30.9 Å². The van der Waals surface area contributed by atoms with Crippen LogP contribution in [0.3, 0.4) is 0 Å². The van der Waals surface area contributed by atoms with Crippen molar-refractivity contribution in [1.82, 2.24) is 0 Å². The molecule has 1 rings (SSSR count). The van der Waals surface area contributed by atoms with Gasteiger partial charge in [0.25, 0.3) is 0 Å². The molecule has 19 heavy (non-hydrogen) atoms. The number of hydrogen-bond acceptors (Lipinski definition) is 4. The van der Waals surface area contributed by atoms with Crippen LogP contribution < -0.4 is 5.11 Å². The van der Waals surface area contributed by atoms with Crippen LogP contribution in [0.4, 0.5) is 13.2 Å². The number of aliphatic carboxylic acids is 1. The number of carbonyl (C=O) groups is 1. The van der Waals surface area contributed by atoms with Crippen molar-refractivity contribution in [3.05, 3.63) is 12.2 Å². The van der Waals surface area contributed by atoms with E-state index in [-0.39, 0.29) is 12.8 Å². The summed E-state index contributed by atoms with van der Waals surface area (Å²) < 4.78 is 59.7. The Kier molecular flexibility index (Phi) is 4.23. The molecule has 0 fully saturated rings. The number of halogens is 3. The second-order valence-electron chi connectivity index (χ2n) is 3.84. The van der Waals surface area contributed by atoms with Crippen molar-refractivity contribution in [3.63, 3.8) is 0 Å². The molecule has 0 saturated heterocycles. The molecular formula is C9H9F3NO5S-. The van der Waals surface area contributed by atoms with Crippen molar-refractivity contribution in [2.45, 2.75) is 18.3 Å². The van der Waals surface area contributed by atoms with E-state index in [1.807, 2.05) is 0 Å². The molecule has 0 radical (unpaired) electrons. The fraction of sp³-hybridized carbons (Fsp3) is 0.556. The van der Waals surface area contributed by atoms with Crippen LogP contribution >= 0.6 is 0 Å². The van der Waals surface area contributed by atoms with Gasteiger partial charge in [0.15, 0.2) is 0 Å². The number of hydrogen-bond donors (Lipinski definition) is 1. The minimum absolute atomic E-state index is 0.0622. The molecule has 0 saturated carbocycles. The number of nitrogens with zero attached hydrogens (tertiary/aromatic N) is 1. The maximum atomic E-state index is 12.1. The van der Waals surface area contributed by atoms with Crippen molar-refractivity contribution >= 4 is 21.9 Å². The first kappa shape index (κ1) is 15.5.